The number of halogens is 25. The van der Waals surface area contributed by atoms with Gasteiger partial charge in [0.2, 0.25) is 0 Å². The summed E-state index contributed by atoms with van der Waals surface area (Å²) in [6.45, 7) is 38.7. The molecule has 7 aromatic rings. The van der Waals surface area contributed by atoms with E-state index in [0.717, 1.165) is 34.9 Å². The number of hydrogen-bond donors (Lipinski definition) is 0. The molecule has 0 aliphatic carbocycles. The van der Waals surface area contributed by atoms with Crippen molar-refractivity contribution >= 4 is 116 Å². The van der Waals surface area contributed by atoms with Crippen LogP contribution in [-0.4, -0.2) is 19.8 Å². The van der Waals surface area contributed by atoms with Crippen LogP contribution in [0.5, 0.6) is 17.2 Å². The molecule has 0 fully saturated rings. The van der Waals surface area contributed by atoms with Crippen molar-refractivity contribution in [2.24, 2.45) is 0 Å². The Morgan fingerprint density at radius 3 is 0.857 bits per heavy atom. The summed E-state index contributed by atoms with van der Waals surface area (Å²) in [5.41, 5.74) is -1.41. The van der Waals surface area contributed by atoms with Crippen molar-refractivity contribution in [3.8, 4) is 23.3 Å². The van der Waals surface area contributed by atoms with E-state index in [1.54, 1.807) is 64.3 Å². The maximum Gasteiger partial charge on any atom is 0.573 e. The topological polar surface area (TPSA) is 51.5 Å². The first-order valence-electron chi connectivity index (χ1n) is 31.1. The van der Waals surface area contributed by atoms with E-state index in [-0.39, 0.29) is 52.9 Å². The van der Waals surface area contributed by atoms with Crippen LogP contribution in [0.25, 0.3) is 0 Å². The second-order valence-corrected chi connectivity index (χ2v) is 34.3. The van der Waals surface area contributed by atoms with Gasteiger partial charge in [0, 0.05) is 51.8 Å². The maximum absolute atomic E-state index is 13.1. The summed E-state index contributed by atoms with van der Waals surface area (Å²) >= 11 is 59.5. The standard InChI is InChI=1S/C12H12F6.C11H11Cl2F3O.C11H11Cl2N.C11H14Cl2O.C11H13F3O.C10H10Cl2F2.C10H11Cl2F/c1-10(2,3)9-7(11(13,14)15)5-4-6-8(9)12(16,17)18;1-10(2,3)9-7(12)4-6(5-8(9)13)17-11(14,15)16;1-11(2,3)10-8(12)4-7(6-14)5-9(10)13;1-11(2,3)10-8(12)5-7(14-4)6-9(10)13;1-10(2,3)8-6-4-5-7-9(8)15-11(12,13)14;1-10(2,3)7-8(11)5(13)4-6(14)9(7)12;1-10(2,3)9-7(11)4-6(13)5-8(9)12/h4-6H,1-3H3;4-5H,1-3H3;4-5H,1-3H3;5-6H,1-4H3;4-7H,1-3H3;4H,1-3H3;4-5H,1-3H3. The van der Waals surface area contributed by atoms with Crippen molar-refractivity contribution < 1.29 is 80.1 Å². The third kappa shape index (κ3) is 31.7. The van der Waals surface area contributed by atoms with Crippen LogP contribution in [0, 0.1) is 28.8 Å². The van der Waals surface area contributed by atoms with E-state index in [1.807, 2.05) is 89.2 Å². The molecule has 0 radical (unpaired) electrons. The van der Waals surface area contributed by atoms with Gasteiger partial charge >= 0.3 is 25.1 Å². The zero-order valence-corrected chi connectivity index (χ0v) is 68.9. The van der Waals surface area contributed by atoms with Crippen LogP contribution in [0.4, 0.5) is 65.9 Å². The molecule has 0 aliphatic heterocycles. The Morgan fingerprint density at radius 1 is 0.314 bits per heavy atom. The zero-order valence-electron chi connectivity index (χ0n) is 61.4. The molecule has 0 aliphatic rings. The minimum atomic E-state index is -4.80. The van der Waals surface area contributed by atoms with E-state index < -0.39 is 75.8 Å². The highest BCUT2D eigenvalue weighted by atomic mass is 35.5. The Morgan fingerprint density at radius 2 is 0.590 bits per heavy atom. The van der Waals surface area contributed by atoms with Crippen molar-refractivity contribution in [3.63, 3.8) is 0 Å². The number of alkyl halides is 12. The third-order valence-electron chi connectivity index (χ3n) is 13.9. The van der Waals surface area contributed by atoms with Crippen molar-refractivity contribution in [1.82, 2.24) is 0 Å². The molecule has 0 bridgehead atoms. The van der Waals surface area contributed by atoms with Gasteiger partial charge in [-0.15, -0.1) is 26.3 Å². The Kier molecular flexibility index (Phi) is 35.4. The first-order valence-corrected chi connectivity index (χ1v) is 34.9. The van der Waals surface area contributed by atoms with Crippen LogP contribution < -0.4 is 14.2 Å². The molecule has 0 spiro atoms. The van der Waals surface area contributed by atoms with Crippen LogP contribution in [-0.2, 0) is 50.3 Å². The lowest BCUT2D eigenvalue weighted by Gasteiger charge is -2.28. The van der Waals surface area contributed by atoms with Crippen LogP contribution in [0.1, 0.15) is 201 Å². The van der Waals surface area contributed by atoms with Gasteiger partial charge in [0.15, 0.2) is 0 Å². The fraction of sp³-hybridized carbons (Fsp3) is 0.434. The quantitative estimate of drug-likeness (QED) is 0.131. The van der Waals surface area contributed by atoms with Crippen molar-refractivity contribution in [1.29, 1.82) is 5.26 Å². The van der Waals surface area contributed by atoms with Gasteiger partial charge in [0.25, 0.3) is 0 Å². The van der Waals surface area contributed by atoms with Crippen LogP contribution in [0.2, 0.25) is 50.2 Å². The second-order valence-electron chi connectivity index (χ2n) is 30.3. The number of hydrogen-bond acceptors (Lipinski definition) is 4. The molecule has 0 unspecified atom stereocenters. The minimum Gasteiger partial charge on any atom is -0.497 e. The predicted octanol–water partition coefficient (Wildman–Crippen LogP) is 31.6. The lowest BCUT2D eigenvalue weighted by molar-refractivity contribution is -0.275. The average Bonchev–Trinajstić information content (AvgIpc) is 0.770. The lowest BCUT2D eigenvalue weighted by Crippen LogP contribution is -2.25. The largest absolute Gasteiger partial charge is 0.573 e. The number of methoxy groups -OCH3 is 1. The first kappa shape index (κ1) is 98.3. The Bertz CT molecular complexity index is 3970. The summed E-state index contributed by atoms with van der Waals surface area (Å²) in [4.78, 5) is 0. The Balaban J connectivity index is 0.000000614. The highest BCUT2D eigenvalue weighted by molar-refractivity contribution is 6.38. The minimum absolute atomic E-state index is 0.0551. The van der Waals surface area contributed by atoms with Gasteiger partial charge in [-0.3, -0.25) is 0 Å². The number of rotatable bonds is 3. The molecule has 584 valence electrons. The summed E-state index contributed by atoms with van der Waals surface area (Å²) in [7, 11) is 1.60. The molecule has 0 heterocycles. The first-order chi connectivity index (χ1) is 46.8. The zero-order chi connectivity index (χ0) is 82.7. The fourth-order valence-corrected chi connectivity index (χ4v) is 14.9. The Labute approximate surface area is 655 Å². The van der Waals surface area contributed by atoms with Gasteiger partial charge < -0.3 is 14.2 Å². The molecule has 0 saturated heterocycles. The number of ether oxygens (including phenoxy) is 3. The molecule has 7 aromatic carbocycles. The number of nitriles is 1. The normalized spacial score (nSPS) is 12.3. The number of nitrogens with zero attached hydrogens (tertiary/aromatic N) is 1. The van der Waals surface area contributed by atoms with E-state index >= 15 is 0 Å². The van der Waals surface area contributed by atoms with E-state index in [1.165, 1.54) is 45.0 Å². The smallest absolute Gasteiger partial charge is 0.497 e. The molecule has 7 rings (SSSR count). The second kappa shape index (κ2) is 37.8. The maximum atomic E-state index is 13.1. The van der Waals surface area contributed by atoms with Gasteiger partial charge in [0.05, 0.1) is 39.9 Å². The molecule has 0 amide bonds. The Hall–Kier alpha value is -4.72. The van der Waals surface area contributed by atoms with Gasteiger partial charge in [0.1, 0.15) is 34.7 Å². The molecule has 0 atom stereocenters. The highest BCUT2D eigenvalue weighted by Crippen LogP contribution is 2.47. The molecule has 0 aromatic heterocycles. The van der Waals surface area contributed by atoms with Crippen molar-refractivity contribution in [3.05, 3.63) is 220 Å². The fourth-order valence-electron chi connectivity index (χ4n) is 9.82. The lowest BCUT2D eigenvalue weighted by atomic mass is 9.80. The van der Waals surface area contributed by atoms with Gasteiger partial charge in [-0.05, 0) is 138 Å². The van der Waals surface area contributed by atoms with E-state index in [2.05, 4.69) is 30.2 Å². The number of para-hydroxylation sites is 1. The third-order valence-corrected chi connectivity index (χ3v) is 17.0. The van der Waals surface area contributed by atoms with E-state index in [0.29, 0.717) is 76.3 Å². The molecule has 29 heteroatoms. The summed E-state index contributed by atoms with van der Waals surface area (Å²) < 4.78 is 201. The molecule has 0 saturated carbocycles. The summed E-state index contributed by atoms with van der Waals surface area (Å²) in [5, 5.41) is 12.0. The van der Waals surface area contributed by atoms with Gasteiger partial charge in [-0.25, -0.2) is 13.2 Å². The van der Waals surface area contributed by atoms with Crippen LogP contribution in [0.3, 0.4) is 0 Å². The summed E-state index contributed by atoms with van der Waals surface area (Å²) in [6, 6.07) is 22.7. The molecular formula is C76H82Cl10F15NO3. The SMILES string of the molecule is CC(C)(C)c1c(C(F)(F)F)cccc1C(F)(F)F.CC(C)(C)c1c(Cl)c(F)cc(F)c1Cl.CC(C)(C)c1c(Cl)cc(C#N)cc1Cl.CC(C)(C)c1c(Cl)cc(F)cc1Cl.CC(C)(C)c1c(Cl)cc(OC(F)(F)F)cc1Cl.CC(C)(C)c1ccccc1OC(F)(F)F.COc1cc(Cl)c(C(C)(C)C)c(Cl)c1. The van der Waals surface area contributed by atoms with Gasteiger partial charge in [-0.1, -0.05) is 286 Å². The molecule has 4 nitrogen and oxygen atoms in total. The van der Waals surface area contributed by atoms with Crippen LogP contribution in [0.15, 0.2) is 97.1 Å². The summed E-state index contributed by atoms with van der Waals surface area (Å²) in [5.74, 6) is -1.81. The highest BCUT2D eigenvalue weighted by Gasteiger charge is 2.44. The van der Waals surface area contributed by atoms with Gasteiger partial charge in [-0.2, -0.15) is 31.6 Å². The average molecular weight is 1700 g/mol. The van der Waals surface area contributed by atoms with E-state index in [4.69, 9.17) is 126 Å². The monoisotopic (exact) mass is 1690 g/mol. The number of benzene rings is 7. The molecular weight excluding hydrogens is 1610 g/mol. The van der Waals surface area contributed by atoms with Crippen LogP contribution >= 0.6 is 116 Å². The molecule has 105 heavy (non-hydrogen) atoms. The van der Waals surface area contributed by atoms with Crippen molar-refractivity contribution in [2.45, 2.75) is 208 Å². The van der Waals surface area contributed by atoms with Crippen molar-refractivity contribution in [2.75, 3.05) is 7.11 Å². The van der Waals surface area contributed by atoms with E-state index in [9.17, 15) is 65.9 Å². The summed E-state index contributed by atoms with van der Waals surface area (Å²) in [6.07, 6.45) is -19.0. The molecule has 0 N–H and O–H groups in total. The predicted molar refractivity (Wildman–Crippen MR) is 401 cm³/mol.